The Morgan fingerprint density at radius 2 is 1.94 bits per heavy atom. The van der Waals surface area contributed by atoms with E-state index in [9.17, 15) is 4.79 Å². The van der Waals surface area contributed by atoms with Crippen molar-refractivity contribution in [2.24, 2.45) is 5.73 Å². The maximum Gasteiger partial charge on any atom is 0.222 e. The van der Waals surface area contributed by atoms with Gasteiger partial charge in [-0.1, -0.05) is 29.3 Å². The van der Waals surface area contributed by atoms with Gasteiger partial charge in [-0.15, -0.1) is 12.4 Å². The molecule has 0 radical (unpaired) electrons. The van der Waals surface area contributed by atoms with Crippen molar-refractivity contribution in [2.45, 2.75) is 32.4 Å². The maximum absolute atomic E-state index is 11.5. The third kappa shape index (κ3) is 5.44. The van der Waals surface area contributed by atoms with Crippen molar-refractivity contribution in [1.82, 2.24) is 5.32 Å². The Bertz CT molecular complexity index is 410. The van der Waals surface area contributed by atoms with Crippen LogP contribution in [-0.2, 0) is 4.79 Å². The molecule has 1 aromatic carbocycles. The minimum Gasteiger partial charge on any atom is -0.350 e. The summed E-state index contributed by atoms with van der Waals surface area (Å²) >= 11 is 11.7. The fourth-order valence-corrected chi connectivity index (χ4v) is 1.76. The molecule has 102 valence electrons. The maximum atomic E-state index is 11.5. The minimum atomic E-state index is -0.143. The quantitative estimate of drug-likeness (QED) is 0.896. The van der Waals surface area contributed by atoms with Gasteiger partial charge < -0.3 is 11.1 Å². The fourth-order valence-electron chi connectivity index (χ4n) is 1.46. The van der Waals surface area contributed by atoms with Crippen LogP contribution in [0.5, 0.6) is 0 Å². The molecule has 18 heavy (non-hydrogen) atoms. The number of carbonyl (C=O) groups excluding carboxylic acids is 1. The lowest BCUT2D eigenvalue weighted by atomic mass is 10.1. The summed E-state index contributed by atoms with van der Waals surface area (Å²) in [7, 11) is 0. The second-order valence-electron chi connectivity index (χ2n) is 4.14. The largest absolute Gasteiger partial charge is 0.350 e. The molecule has 6 heteroatoms. The van der Waals surface area contributed by atoms with Gasteiger partial charge in [0.25, 0.3) is 0 Å². The number of rotatable bonds is 4. The Morgan fingerprint density at radius 3 is 2.44 bits per heavy atom. The Kier molecular flexibility index (Phi) is 7.64. The summed E-state index contributed by atoms with van der Waals surface area (Å²) < 4.78 is 0. The van der Waals surface area contributed by atoms with Crippen LogP contribution in [0, 0.1) is 0 Å². The molecular formula is C12H17Cl3N2O. The van der Waals surface area contributed by atoms with Crippen LogP contribution in [0.2, 0.25) is 10.0 Å². The van der Waals surface area contributed by atoms with Crippen LogP contribution >= 0.6 is 35.6 Å². The summed E-state index contributed by atoms with van der Waals surface area (Å²) in [6, 6.07) is 5.05. The summed E-state index contributed by atoms with van der Waals surface area (Å²) in [5, 5.41) is 3.84. The van der Waals surface area contributed by atoms with Gasteiger partial charge in [-0.2, -0.15) is 0 Å². The van der Waals surface area contributed by atoms with E-state index in [4.69, 9.17) is 28.9 Å². The highest BCUT2D eigenvalue weighted by atomic mass is 35.5. The van der Waals surface area contributed by atoms with E-state index in [2.05, 4.69) is 5.32 Å². The van der Waals surface area contributed by atoms with Gasteiger partial charge >= 0.3 is 0 Å². The SMILES string of the molecule is CC(N)CC(=O)NC(C)c1ccc(Cl)c(Cl)c1.Cl. The molecule has 3 N–H and O–H groups in total. The molecule has 1 amide bonds. The van der Waals surface area contributed by atoms with Gasteiger partial charge in [-0.3, -0.25) is 4.79 Å². The summed E-state index contributed by atoms with van der Waals surface area (Å²) in [4.78, 5) is 11.5. The Balaban J connectivity index is 0.00000289. The van der Waals surface area contributed by atoms with Gasteiger partial charge in [-0.25, -0.2) is 0 Å². The van der Waals surface area contributed by atoms with Crippen molar-refractivity contribution < 1.29 is 4.79 Å². The standard InChI is InChI=1S/C12H16Cl2N2O.ClH/c1-7(15)5-12(17)16-8(2)9-3-4-10(13)11(14)6-9;/h3-4,6-8H,5,15H2,1-2H3,(H,16,17);1H. The third-order valence-corrected chi connectivity index (χ3v) is 3.07. The average Bonchev–Trinajstić information content (AvgIpc) is 2.20. The highest BCUT2D eigenvalue weighted by Crippen LogP contribution is 2.25. The molecule has 0 spiro atoms. The first-order valence-electron chi connectivity index (χ1n) is 5.40. The fraction of sp³-hybridized carbons (Fsp3) is 0.417. The van der Waals surface area contributed by atoms with Crippen LogP contribution < -0.4 is 11.1 Å². The lowest BCUT2D eigenvalue weighted by Gasteiger charge is -2.15. The first-order valence-corrected chi connectivity index (χ1v) is 6.15. The Morgan fingerprint density at radius 1 is 1.33 bits per heavy atom. The Labute approximate surface area is 123 Å². The van der Waals surface area contributed by atoms with Gasteiger partial charge in [-0.05, 0) is 31.5 Å². The number of amides is 1. The number of halogens is 3. The lowest BCUT2D eigenvalue weighted by molar-refractivity contribution is -0.122. The van der Waals surface area contributed by atoms with Crippen LogP contribution in [0.15, 0.2) is 18.2 Å². The van der Waals surface area contributed by atoms with Crippen molar-refractivity contribution >= 4 is 41.5 Å². The Hall–Kier alpha value is -0.480. The van der Waals surface area contributed by atoms with E-state index < -0.39 is 0 Å². The number of hydrogen-bond acceptors (Lipinski definition) is 2. The zero-order valence-corrected chi connectivity index (χ0v) is 12.6. The molecule has 0 aliphatic carbocycles. The molecule has 1 aromatic rings. The van der Waals surface area contributed by atoms with E-state index in [0.717, 1.165) is 5.56 Å². The number of nitrogens with one attached hydrogen (secondary N) is 1. The zero-order valence-electron chi connectivity index (χ0n) is 10.2. The number of nitrogens with two attached hydrogens (primary N) is 1. The predicted octanol–water partition coefficient (Wildman–Crippen LogP) is 3.33. The average molecular weight is 312 g/mol. The molecule has 0 fully saturated rings. The van der Waals surface area contributed by atoms with Gasteiger partial charge in [0, 0.05) is 12.5 Å². The highest BCUT2D eigenvalue weighted by Gasteiger charge is 2.12. The molecule has 0 heterocycles. The first kappa shape index (κ1) is 17.5. The van der Waals surface area contributed by atoms with Crippen molar-refractivity contribution in [2.75, 3.05) is 0 Å². The molecule has 2 atom stereocenters. The predicted molar refractivity (Wildman–Crippen MR) is 78.5 cm³/mol. The van der Waals surface area contributed by atoms with Crippen LogP contribution in [0.3, 0.4) is 0 Å². The summed E-state index contributed by atoms with van der Waals surface area (Å²) in [5.41, 5.74) is 6.47. The van der Waals surface area contributed by atoms with E-state index in [1.165, 1.54) is 0 Å². The molecule has 1 rings (SSSR count). The molecule has 0 saturated heterocycles. The smallest absolute Gasteiger partial charge is 0.222 e. The second kappa shape index (κ2) is 7.85. The molecule has 3 nitrogen and oxygen atoms in total. The number of carbonyl (C=O) groups is 1. The zero-order chi connectivity index (χ0) is 13.0. The molecule has 0 bridgehead atoms. The molecule has 0 aliphatic heterocycles. The van der Waals surface area contributed by atoms with Crippen LogP contribution in [0.4, 0.5) is 0 Å². The molecular weight excluding hydrogens is 295 g/mol. The molecule has 0 aromatic heterocycles. The lowest BCUT2D eigenvalue weighted by Crippen LogP contribution is -2.31. The van der Waals surface area contributed by atoms with E-state index in [1.807, 2.05) is 13.0 Å². The topological polar surface area (TPSA) is 55.1 Å². The monoisotopic (exact) mass is 310 g/mol. The second-order valence-corrected chi connectivity index (χ2v) is 4.96. The van der Waals surface area contributed by atoms with Gasteiger partial charge in [0.1, 0.15) is 0 Å². The summed E-state index contributed by atoms with van der Waals surface area (Å²) in [6.45, 7) is 3.68. The normalized spacial score (nSPS) is 13.4. The van der Waals surface area contributed by atoms with E-state index in [1.54, 1.807) is 19.1 Å². The van der Waals surface area contributed by atoms with Crippen molar-refractivity contribution in [3.63, 3.8) is 0 Å². The van der Waals surface area contributed by atoms with Gasteiger partial charge in [0.2, 0.25) is 5.91 Å². The number of hydrogen-bond donors (Lipinski definition) is 2. The van der Waals surface area contributed by atoms with E-state index in [-0.39, 0.29) is 30.4 Å². The van der Waals surface area contributed by atoms with Crippen molar-refractivity contribution in [1.29, 1.82) is 0 Å². The van der Waals surface area contributed by atoms with Gasteiger partial charge in [0.05, 0.1) is 16.1 Å². The summed E-state index contributed by atoms with van der Waals surface area (Å²) in [6.07, 6.45) is 0.311. The molecule has 0 aliphatic rings. The van der Waals surface area contributed by atoms with Crippen molar-refractivity contribution in [3.8, 4) is 0 Å². The minimum absolute atomic E-state index is 0. The molecule has 0 saturated carbocycles. The van der Waals surface area contributed by atoms with Crippen LogP contribution in [0.1, 0.15) is 31.9 Å². The summed E-state index contributed by atoms with van der Waals surface area (Å²) in [5.74, 6) is -0.0708. The van der Waals surface area contributed by atoms with E-state index in [0.29, 0.717) is 16.5 Å². The van der Waals surface area contributed by atoms with Crippen LogP contribution in [0.25, 0.3) is 0 Å². The molecule has 2 unspecified atom stereocenters. The highest BCUT2D eigenvalue weighted by molar-refractivity contribution is 6.42. The third-order valence-electron chi connectivity index (χ3n) is 2.33. The van der Waals surface area contributed by atoms with Gasteiger partial charge in [0.15, 0.2) is 0 Å². The van der Waals surface area contributed by atoms with Crippen molar-refractivity contribution in [3.05, 3.63) is 33.8 Å². The number of benzene rings is 1. The van der Waals surface area contributed by atoms with Crippen LogP contribution in [-0.4, -0.2) is 11.9 Å². The van der Waals surface area contributed by atoms with E-state index >= 15 is 0 Å². The first-order chi connectivity index (χ1) is 7.90.